The number of phenolic OH excluding ortho intramolecular Hbond substituents is 1. The van der Waals surface area contributed by atoms with E-state index in [9.17, 15) is 9.90 Å². The van der Waals surface area contributed by atoms with Gasteiger partial charge in [0.2, 0.25) is 6.79 Å². The fourth-order valence-corrected chi connectivity index (χ4v) is 3.19. The number of nitrogens with zero attached hydrogens (tertiary/aromatic N) is 2. The molecule has 1 fully saturated rings. The van der Waals surface area contributed by atoms with Crippen LogP contribution in [0.15, 0.2) is 42.5 Å². The molecular weight excluding hydrogens is 334 g/mol. The van der Waals surface area contributed by atoms with Crippen LogP contribution in [0.2, 0.25) is 0 Å². The molecule has 0 spiro atoms. The monoisotopic (exact) mass is 355 g/mol. The molecule has 0 atom stereocenters. The molecule has 7 nitrogen and oxygen atoms in total. The third kappa shape index (κ3) is 3.67. The van der Waals surface area contributed by atoms with Crippen LogP contribution in [0.3, 0.4) is 0 Å². The van der Waals surface area contributed by atoms with Crippen molar-refractivity contribution in [2.45, 2.75) is 6.54 Å². The van der Waals surface area contributed by atoms with Crippen LogP contribution in [0.4, 0.5) is 10.5 Å². The van der Waals surface area contributed by atoms with Gasteiger partial charge in [0.15, 0.2) is 11.5 Å². The number of nitrogens with one attached hydrogen (secondary N) is 1. The third-order valence-corrected chi connectivity index (χ3v) is 4.60. The first-order valence-corrected chi connectivity index (χ1v) is 8.63. The number of phenols is 1. The van der Waals surface area contributed by atoms with Gasteiger partial charge in [-0.05, 0) is 29.8 Å². The van der Waals surface area contributed by atoms with Gasteiger partial charge in [0.05, 0.1) is 0 Å². The van der Waals surface area contributed by atoms with Gasteiger partial charge in [-0.1, -0.05) is 12.1 Å². The number of piperazine rings is 1. The molecule has 2 aliphatic rings. The summed E-state index contributed by atoms with van der Waals surface area (Å²) >= 11 is 0. The number of hydrogen-bond donors (Lipinski definition) is 2. The molecule has 2 aromatic carbocycles. The molecule has 1 saturated heterocycles. The van der Waals surface area contributed by atoms with E-state index in [2.05, 4.69) is 16.3 Å². The summed E-state index contributed by atoms with van der Waals surface area (Å²) < 4.78 is 10.8. The lowest BCUT2D eigenvalue weighted by Gasteiger charge is -2.34. The Bertz CT molecular complexity index is 803. The molecule has 2 amide bonds. The summed E-state index contributed by atoms with van der Waals surface area (Å²) in [6.45, 7) is 4.04. The maximum Gasteiger partial charge on any atom is 0.321 e. The van der Waals surface area contributed by atoms with E-state index in [0.29, 0.717) is 18.8 Å². The molecule has 2 aliphatic heterocycles. The summed E-state index contributed by atoms with van der Waals surface area (Å²) in [6.07, 6.45) is 0. The number of hydrogen-bond acceptors (Lipinski definition) is 5. The first kappa shape index (κ1) is 16.5. The summed E-state index contributed by atoms with van der Waals surface area (Å²) in [6, 6.07) is 12.4. The molecular formula is C19H21N3O4. The number of fused-ring (bicyclic) bond motifs is 1. The van der Waals surface area contributed by atoms with Crippen LogP contribution in [0.1, 0.15) is 5.56 Å². The van der Waals surface area contributed by atoms with E-state index in [1.54, 1.807) is 23.1 Å². The maximum absolute atomic E-state index is 12.4. The topological polar surface area (TPSA) is 74.3 Å². The second kappa shape index (κ2) is 7.13. The minimum absolute atomic E-state index is 0.136. The number of benzene rings is 2. The van der Waals surface area contributed by atoms with E-state index in [1.807, 2.05) is 12.1 Å². The van der Waals surface area contributed by atoms with Crippen LogP contribution >= 0.6 is 0 Å². The summed E-state index contributed by atoms with van der Waals surface area (Å²) in [4.78, 5) is 16.5. The Balaban J connectivity index is 1.29. The molecule has 7 heteroatoms. The molecule has 0 aromatic heterocycles. The highest BCUT2D eigenvalue weighted by Gasteiger charge is 2.22. The van der Waals surface area contributed by atoms with Crippen molar-refractivity contribution in [3.63, 3.8) is 0 Å². The molecule has 0 unspecified atom stereocenters. The Hall–Kier alpha value is -2.93. The molecule has 136 valence electrons. The lowest BCUT2D eigenvalue weighted by atomic mass is 10.1. The smallest absolute Gasteiger partial charge is 0.321 e. The molecule has 0 bridgehead atoms. The highest BCUT2D eigenvalue weighted by Crippen LogP contribution is 2.32. The van der Waals surface area contributed by atoms with Gasteiger partial charge in [-0.2, -0.15) is 0 Å². The number of rotatable bonds is 3. The quantitative estimate of drug-likeness (QED) is 0.885. The van der Waals surface area contributed by atoms with Gasteiger partial charge in [-0.3, -0.25) is 4.90 Å². The number of aromatic hydroxyl groups is 1. The van der Waals surface area contributed by atoms with Gasteiger partial charge in [-0.15, -0.1) is 0 Å². The number of carbonyl (C=O) groups excluding carboxylic acids is 1. The summed E-state index contributed by atoms with van der Waals surface area (Å²) in [7, 11) is 0. The lowest BCUT2D eigenvalue weighted by Crippen LogP contribution is -2.49. The molecule has 2 aromatic rings. The summed E-state index contributed by atoms with van der Waals surface area (Å²) in [5.74, 6) is 1.73. The predicted octanol–water partition coefficient (Wildman–Crippen LogP) is 2.47. The molecule has 0 aliphatic carbocycles. The lowest BCUT2D eigenvalue weighted by molar-refractivity contribution is 0.143. The second-order valence-electron chi connectivity index (χ2n) is 6.43. The molecule has 2 heterocycles. The van der Waals surface area contributed by atoms with Crippen molar-refractivity contribution in [1.29, 1.82) is 0 Å². The molecule has 2 N–H and O–H groups in total. The average molecular weight is 355 g/mol. The van der Waals surface area contributed by atoms with Crippen molar-refractivity contribution in [2.75, 3.05) is 38.3 Å². The molecule has 0 saturated carbocycles. The van der Waals surface area contributed by atoms with Crippen molar-refractivity contribution in [1.82, 2.24) is 9.80 Å². The van der Waals surface area contributed by atoms with Crippen LogP contribution in [0.5, 0.6) is 17.2 Å². The Morgan fingerprint density at radius 3 is 2.65 bits per heavy atom. The van der Waals surface area contributed by atoms with E-state index >= 15 is 0 Å². The van der Waals surface area contributed by atoms with Crippen molar-refractivity contribution in [3.05, 3.63) is 48.0 Å². The van der Waals surface area contributed by atoms with Crippen LogP contribution in [-0.2, 0) is 6.54 Å². The van der Waals surface area contributed by atoms with Crippen molar-refractivity contribution in [3.8, 4) is 17.2 Å². The number of ether oxygens (including phenoxy) is 2. The van der Waals surface area contributed by atoms with Gasteiger partial charge in [0, 0.05) is 44.5 Å². The minimum Gasteiger partial charge on any atom is -0.508 e. The zero-order valence-corrected chi connectivity index (χ0v) is 14.4. The van der Waals surface area contributed by atoms with Crippen molar-refractivity contribution < 1.29 is 19.4 Å². The molecule has 26 heavy (non-hydrogen) atoms. The van der Waals surface area contributed by atoms with Crippen molar-refractivity contribution >= 4 is 11.7 Å². The standard InChI is InChI=1S/C19H21N3O4/c23-16-3-1-2-15(11-16)20-19(24)22-8-6-21(7-9-22)12-14-4-5-17-18(10-14)26-13-25-17/h1-5,10-11,23H,6-9,12-13H2,(H,20,24). The van der Waals surface area contributed by atoms with Gasteiger partial charge in [-0.25, -0.2) is 4.79 Å². The fourth-order valence-electron chi connectivity index (χ4n) is 3.19. The fraction of sp³-hybridized carbons (Fsp3) is 0.316. The predicted molar refractivity (Wildman–Crippen MR) is 96.5 cm³/mol. The Morgan fingerprint density at radius 1 is 1.04 bits per heavy atom. The van der Waals surface area contributed by atoms with E-state index in [0.717, 1.165) is 31.1 Å². The SMILES string of the molecule is O=C(Nc1cccc(O)c1)N1CCN(Cc2ccc3c(c2)OCO3)CC1. The molecule has 4 rings (SSSR count). The van der Waals surface area contributed by atoms with E-state index in [4.69, 9.17) is 9.47 Å². The van der Waals surface area contributed by atoms with Crippen LogP contribution in [0.25, 0.3) is 0 Å². The van der Waals surface area contributed by atoms with E-state index < -0.39 is 0 Å². The number of urea groups is 1. The zero-order chi connectivity index (χ0) is 17.9. The summed E-state index contributed by atoms with van der Waals surface area (Å²) in [5, 5.41) is 12.3. The Kier molecular flexibility index (Phi) is 4.53. The average Bonchev–Trinajstić information content (AvgIpc) is 3.10. The second-order valence-corrected chi connectivity index (χ2v) is 6.43. The van der Waals surface area contributed by atoms with E-state index in [1.165, 1.54) is 11.6 Å². The van der Waals surface area contributed by atoms with Crippen LogP contribution in [-0.4, -0.2) is 53.9 Å². The zero-order valence-electron chi connectivity index (χ0n) is 14.4. The highest BCUT2D eigenvalue weighted by molar-refractivity contribution is 5.89. The minimum atomic E-state index is -0.140. The third-order valence-electron chi connectivity index (χ3n) is 4.60. The van der Waals surface area contributed by atoms with Gasteiger partial charge >= 0.3 is 6.03 Å². The highest BCUT2D eigenvalue weighted by atomic mass is 16.7. The number of amides is 2. The van der Waals surface area contributed by atoms with Crippen molar-refractivity contribution in [2.24, 2.45) is 0 Å². The van der Waals surface area contributed by atoms with Crippen LogP contribution in [0, 0.1) is 0 Å². The Labute approximate surface area is 151 Å². The van der Waals surface area contributed by atoms with Crippen LogP contribution < -0.4 is 14.8 Å². The largest absolute Gasteiger partial charge is 0.508 e. The molecule has 0 radical (unpaired) electrons. The van der Waals surface area contributed by atoms with E-state index in [-0.39, 0.29) is 18.6 Å². The van der Waals surface area contributed by atoms with Gasteiger partial charge in [0.1, 0.15) is 5.75 Å². The normalized spacial score (nSPS) is 16.5. The van der Waals surface area contributed by atoms with Gasteiger partial charge in [0.25, 0.3) is 0 Å². The van der Waals surface area contributed by atoms with Gasteiger partial charge < -0.3 is 24.8 Å². The number of carbonyl (C=O) groups is 1. The maximum atomic E-state index is 12.4. The first-order valence-electron chi connectivity index (χ1n) is 8.63. The first-order chi connectivity index (χ1) is 12.7. The summed E-state index contributed by atoms with van der Waals surface area (Å²) in [5.41, 5.74) is 1.77. The Morgan fingerprint density at radius 2 is 1.85 bits per heavy atom. The number of anilines is 1.